The Balaban J connectivity index is 0.000000150. The number of fused-ring (bicyclic) bond motifs is 3. The summed E-state index contributed by atoms with van der Waals surface area (Å²) in [5.41, 5.74) is 17.9. The first-order chi connectivity index (χ1) is 20.7. The topological polar surface area (TPSA) is 252 Å². The normalized spacial score (nSPS) is 11.3. The molecule has 0 aliphatic rings. The summed E-state index contributed by atoms with van der Waals surface area (Å²) in [6.45, 7) is 0.770. The van der Waals surface area contributed by atoms with Crippen molar-refractivity contribution in [2.24, 2.45) is 0 Å². The minimum absolute atomic E-state index is 0.0477. The number of alkyl halides is 1. The Labute approximate surface area is 257 Å². The molecule has 0 spiro atoms. The number of allylic oxidation sites excluding steroid dienone is 3. The molecule has 0 atom stereocenters. The summed E-state index contributed by atoms with van der Waals surface area (Å²) in [6.07, 6.45) is 11.5. The second-order valence-corrected chi connectivity index (χ2v) is 11.3. The van der Waals surface area contributed by atoms with E-state index in [1.54, 1.807) is 29.0 Å². The zero-order valence-electron chi connectivity index (χ0n) is 22.0. The zero-order valence-corrected chi connectivity index (χ0v) is 25.2. The van der Waals surface area contributed by atoms with Crippen LogP contribution in [0.4, 0.5) is 17.8 Å². The number of aliphatic hydroxyl groups excluding tert-OH is 1. The van der Waals surface area contributed by atoms with Crippen LogP contribution in [-0.4, -0.2) is 61.6 Å². The number of hydrogen-bond donors (Lipinski definition) is 5. The van der Waals surface area contributed by atoms with Gasteiger partial charge in [0.2, 0.25) is 17.8 Å². The van der Waals surface area contributed by atoms with E-state index in [9.17, 15) is 14.4 Å². The molecular formula is C23H23ClN12O4S3. The Bertz CT molecular complexity index is 1990. The molecule has 6 aromatic rings. The predicted molar refractivity (Wildman–Crippen MR) is 171 cm³/mol. The first-order valence-electron chi connectivity index (χ1n) is 12.0. The lowest BCUT2D eigenvalue weighted by Crippen LogP contribution is -2.12. The highest BCUT2D eigenvalue weighted by molar-refractivity contribution is 7.16. The molecule has 0 fully saturated rings. The number of nitrogens with zero attached hydrogens (tertiary/aromatic N) is 8. The minimum Gasteiger partial charge on any atom is -0.392 e. The molecule has 0 saturated carbocycles. The quantitative estimate of drug-likeness (QED) is 0.124. The third kappa shape index (κ3) is 8.05. The van der Waals surface area contributed by atoms with Gasteiger partial charge in [-0.1, -0.05) is 58.3 Å². The second-order valence-electron chi connectivity index (χ2n) is 8.02. The fourth-order valence-corrected chi connectivity index (χ4v) is 5.74. The summed E-state index contributed by atoms with van der Waals surface area (Å²) >= 11 is 8.76. The fourth-order valence-electron chi connectivity index (χ4n) is 3.34. The molecule has 6 rings (SSSR count). The van der Waals surface area contributed by atoms with E-state index in [1.165, 1.54) is 17.0 Å². The van der Waals surface area contributed by atoms with Crippen molar-refractivity contribution in [3.05, 3.63) is 71.9 Å². The van der Waals surface area contributed by atoms with E-state index in [-0.39, 0.29) is 39.1 Å². The summed E-state index contributed by atoms with van der Waals surface area (Å²) in [5, 5.41) is 8.60. The number of aromatic nitrogens is 9. The molecule has 43 heavy (non-hydrogen) atoms. The lowest BCUT2D eigenvalue weighted by molar-refractivity contribution is 0.342. The Morgan fingerprint density at radius 3 is 1.74 bits per heavy atom. The maximum absolute atomic E-state index is 11.7. The summed E-state index contributed by atoms with van der Waals surface area (Å²) in [4.78, 5) is 59.5. The number of aromatic amines is 1. The number of nitrogens with one attached hydrogen (secondary N) is 1. The van der Waals surface area contributed by atoms with E-state index in [4.69, 9.17) is 33.9 Å². The van der Waals surface area contributed by atoms with Gasteiger partial charge in [0.25, 0.3) is 0 Å². The van der Waals surface area contributed by atoms with E-state index in [0.29, 0.717) is 40.6 Å². The van der Waals surface area contributed by atoms with Crippen molar-refractivity contribution in [2.75, 3.05) is 29.7 Å². The molecule has 8 N–H and O–H groups in total. The maximum atomic E-state index is 11.7. The van der Waals surface area contributed by atoms with Crippen LogP contribution in [0.3, 0.4) is 0 Å². The third-order valence-corrected chi connectivity index (χ3v) is 7.95. The number of rotatable bonds is 6. The van der Waals surface area contributed by atoms with Gasteiger partial charge in [-0.25, -0.2) is 15.0 Å². The van der Waals surface area contributed by atoms with Crippen molar-refractivity contribution in [3.63, 3.8) is 0 Å². The molecule has 0 bridgehead atoms. The number of anilines is 3. The van der Waals surface area contributed by atoms with Gasteiger partial charge in [-0.15, -0.1) is 11.6 Å². The highest BCUT2D eigenvalue weighted by atomic mass is 35.5. The number of nitrogens with two attached hydrogens (primary N) is 3. The van der Waals surface area contributed by atoms with Gasteiger partial charge in [-0.05, 0) is 0 Å². The molecule has 6 aromatic heterocycles. The number of H-pyrrole nitrogens is 1. The Kier molecular flexibility index (Phi) is 10.6. The van der Waals surface area contributed by atoms with E-state index >= 15 is 0 Å². The third-order valence-electron chi connectivity index (χ3n) is 5.16. The molecular weight excluding hydrogens is 640 g/mol. The van der Waals surface area contributed by atoms with Crippen molar-refractivity contribution in [1.82, 2.24) is 44.0 Å². The van der Waals surface area contributed by atoms with Crippen LogP contribution in [0, 0.1) is 0 Å². The van der Waals surface area contributed by atoms with Crippen LogP contribution in [0.25, 0.3) is 31.0 Å². The molecule has 0 amide bonds. The molecule has 6 heterocycles. The smallest absolute Gasteiger partial charge is 0.309 e. The van der Waals surface area contributed by atoms with Crippen LogP contribution < -0.4 is 31.8 Å². The molecule has 0 aliphatic heterocycles. The molecule has 0 saturated heterocycles. The molecule has 0 aliphatic carbocycles. The Morgan fingerprint density at radius 2 is 1.23 bits per heavy atom. The first-order valence-corrected chi connectivity index (χ1v) is 15.0. The van der Waals surface area contributed by atoms with Crippen molar-refractivity contribution in [3.8, 4) is 0 Å². The van der Waals surface area contributed by atoms with Crippen molar-refractivity contribution < 1.29 is 5.11 Å². The average Bonchev–Trinajstić information content (AvgIpc) is 3.60. The van der Waals surface area contributed by atoms with Crippen LogP contribution in [0.2, 0.25) is 0 Å². The highest BCUT2D eigenvalue weighted by Crippen LogP contribution is 2.15. The summed E-state index contributed by atoms with van der Waals surface area (Å²) in [5.74, 6) is 0.908. The first kappa shape index (κ1) is 31.4. The average molecular weight is 663 g/mol. The molecule has 20 heteroatoms. The van der Waals surface area contributed by atoms with Gasteiger partial charge in [0.15, 0.2) is 16.9 Å². The molecule has 224 valence electrons. The van der Waals surface area contributed by atoms with Gasteiger partial charge < -0.3 is 22.3 Å². The Hall–Kier alpha value is -4.56. The monoisotopic (exact) mass is 662 g/mol. The van der Waals surface area contributed by atoms with Crippen molar-refractivity contribution in [2.45, 2.75) is 13.1 Å². The SMILES string of the molecule is Nc1ncc2sc(=O)[nH]c2n1.Nc1ncc2sc(=O)n(C/C=C/CCl)c2n1.Nc1ncc2sc(=O)n(C/C=C/CO)c2n1. The van der Waals surface area contributed by atoms with E-state index in [0.717, 1.165) is 43.4 Å². The lowest BCUT2D eigenvalue weighted by Gasteiger charge is -1.98. The highest BCUT2D eigenvalue weighted by Gasteiger charge is 2.09. The van der Waals surface area contributed by atoms with Crippen LogP contribution in [0.5, 0.6) is 0 Å². The van der Waals surface area contributed by atoms with E-state index in [1.807, 2.05) is 6.08 Å². The van der Waals surface area contributed by atoms with Gasteiger partial charge in [0.05, 0.1) is 39.3 Å². The standard InChI is InChI=1S/C9H9ClN4OS.C9H10N4O2S.C5H4N4OS/c10-3-1-2-4-14-7-6(16-9(14)15)5-12-8(11)13-7;10-8-11-5-6-7(12-8)13(9(15)16-6)3-1-2-4-14;6-4-7-1-2-3(8-4)9-5(10)11-2/h1-2,5H,3-4H2,(H2,11,12,13);1-2,5,14H,3-4H2,(H2,10,11,12);1H,(H3,6,7,8,9,10)/b2*2-1+;. The van der Waals surface area contributed by atoms with Crippen molar-refractivity contribution >= 4 is 94.5 Å². The minimum atomic E-state index is -0.139. The second kappa shape index (κ2) is 14.6. The number of nitrogen functional groups attached to an aromatic ring is 3. The molecule has 0 aromatic carbocycles. The largest absolute Gasteiger partial charge is 0.392 e. The molecule has 0 radical (unpaired) electrons. The van der Waals surface area contributed by atoms with Gasteiger partial charge in [0.1, 0.15) is 0 Å². The van der Waals surface area contributed by atoms with Crippen LogP contribution in [0.1, 0.15) is 0 Å². The zero-order chi connectivity index (χ0) is 30.9. The maximum Gasteiger partial charge on any atom is 0.309 e. The van der Waals surface area contributed by atoms with Crippen molar-refractivity contribution in [1.29, 1.82) is 0 Å². The molecule has 0 unspecified atom stereocenters. The Morgan fingerprint density at radius 1 is 0.744 bits per heavy atom. The summed E-state index contributed by atoms with van der Waals surface area (Å²) in [6, 6.07) is 0. The predicted octanol–water partition coefficient (Wildman–Crippen LogP) is 1.18. The number of halogens is 1. The summed E-state index contributed by atoms with van der Waals surface area (Å²) < 4.78 is 5.20. The fraction of sp³-hybridized carbons (Fsp3) is 0.174. The summed E-state index contributed by atoms with van der Waals surface area (Å²) in [7, 11) is 0. The number of hydrogen-bond acceptors (Lipinski definition) is 16. The van der Waals surface area contributed by atoms with Crippen LogP contribution >= 0.6 is 45.6 Å². The number of thiazole rings is 3. The molecule has 16 nitrogen and oxygen atoms in total. The lowest BCUT2D eigenvalue weighted by atomic mass is 10.5. The van der Waals surface area contributed by atoms with Gasteiger partial charge in [-0.2, -0.15) is 15.0 Å². The van der Waals surface area contributed by atoms with Gasteiger partial charge in [0, 0.05) is 19.0 Å². The van der Waals surface area contributed by atoms with Crippen LogP contribution in [0.15, 0.2) is 57.3 Å². The van der Waals surface area contributed by atoms with Gasteiger partial charge in [-0.3, -0.25) is 28.5 Å². The van der Waals surface area contributed by atoms with Gasteiger partial charge >= 0.3 is 14.6 Å². The number of aliphatic hydroxyl groups is 1. The van der Waals surface area contributed by atoms with E-state index in [2.05, 4.69) is 34.9 Å². The van der Waals surface area contributed by atoms with Crippen LogP contribution in [-0.2, 0) is 13.1 Å². The van der Waals surface area contributed by atoms with E-state index < -0.39 is 0 Å².